The molecule has 0 bridgehead atoms. The number of amides is 1. The number of methoxy groups -OCH3 is 1. The van der Waals surface area contributed by atoms with Crippen LogP contribution in [0.5, 0.6) is 0 Å². The van der Waals surface area contributed by atoms with Crippen molar-refractivity contribution in [3.05, 3.63) is 28.2 Å². The Kier molecular flexibility index (Phi) is 8.73. The van der Waals surface area contributed by atoms with Crippen LogP contribution in [0.2, 0.25) is 10.0 Å². The third-order valence-corrected chi connectivity index (χ3v) is 7.17. The van der Waals surface area contributed by atoms with E-state index in [-0.39, 0.29) is 33.0 Å². The number of anilines is 2. The van der Waals surface area contributed by atoms with Gasteiger partial charge in [0.15, 0.2) is 4.34 Å². The average Bonchev–Trinajstić information content (AvgIpc) is 3.09. The average molecular weight is 513 g/mol. The number of nitrogens with one attached hydrogen (secondary N) is 1. The Hall–Kier alpha value is -1.60. The molecule has 0 aliphatic carbocycles. The number of hydrogen-bond donors (Lipinski definition) is 1. The molecule has 2 aromatic rings. The number of nitrogens with zero attached hydrogens (tertiary/aromatic N) is 3. The predicted molar refractivity (Wildman–Crippen MR) is 119 cm³/mol. The van der Waals surface area contributed by atoms with Crippen molar-refractivity contribution in [1.29, 1.82) is 0 Å². The van der Waals surface area contributed by atoms with Crippen molar-refractivity contribution < 1.29 is 22.7 Å². The summed E-state index contributed by atoms with van der Waals surface area (Å²) in [5.41, 5.74) is 0.170. The minimum atomic E-state index is -3.85. The summed E-state index contributed by atoms with van der Waals surface area (Å²) in [6, 6.07) is 3.21. The maximum Gasteiger partial charge on any atom is 0.316 e. The highest BCUT2D eigenvalue weighted by molar-refractivity contribution is 8.01. The molecular weight excluding hydrogens is 495 g/mol. The van der Waals surface area contributed by atoms with Crippen LogP contribution >= 0.6 is 46.3 Å². The van der Waals surface area contributed by atoms with E-state index in [1.165, 1.54) is 25.3 Å². The fourth-order valence-corrected chi connectivity index (χ4v) is 5.71. The zero-order chi connectivity index (χ0) is 22.5. The molecular formula is C16H18Cl2N4O5S3. The summed E-state index contributed by atoms with van der Waals surface area (Å²) in [7, 11) is -2.57. The van der Waals surface area contributed by atoms with Gasteiger partial charge in [0, 0.05) is 10.0 Å². The molecule has 1 amide bonds. The maximum absolute atomic E-state index is 12.9. The highest BCUT2D eigenvalue weighted by atomic mass is 35.5. The van der Waals surface area contributed by atoms with Gasteiger partial charge < -0.3 is 4.74 Å². The quantitative estimate of drug-likeness (QED) is 0.308. The fourth-order valence-electron chi connectivity index (χ4n) is 2.41. The Labute approximate surface area is 192 Å². The Morgan fingerprint density at radius 2 is 1.90 bits per heavy atom. The zero-order valence-corrected chi connectivity index (χ0v) is 20.0. The van der Waals surface area contributed by atoms with E-state index < -0.39 is 27.9 Å². The van der Waals surface area contributed by atoms with Crippen molar-refractivity contribution in [2.45, 2.75) is 23.7 Å². The molecule has 0 aliphatic rings. The second kappa shape index (κ2) is 10.6. The number of halogens is 2. The monoisotopic (exact) mass is 512 g/mol. The Morgan fingerprint density at radius 3 is 2.43 bits per heavy atom. The van der Waals surface area contributed by atoms with E-state index in [0.717, 1.165) is 33.7 Å². The molecule has 9 nitrogen and oxygen atoms in total. The highest BCUT2D eigenvalue weighted by Gasteiger charge is 2.32. The van der Waals surface area contributed by atoms with E-state index in [2.05, 4.69) is 20.3 Å². The largest absolute Gasteiger partial charge is 0.468 e. The predicted octanol–water partition coefficient (Wildman–Crippen LogP) is 3.29. The van der Waals surface area contributed by atoms with Crippen LogP contribution in [0.15, 0.2) is 22.5 Å². The number of aromatic nitrogens is 2. The number of carbonyl (C=O) groups is 2. The van der Waals surface area contributed by atoms with Crippen molar-refractivity contribution in [3.8, 4) is 0 Å². The van der Waals surface area contributed by atoms with Crippen molar-refractivity contribution in [3.63, 3.8) is 0 Å². The first kappa shape index (κ1) is 24.7. The molecule has 0 aliphatic heterocycles. The van der Waals surface area contributed by atoms with Crippen LogP contribution in [-0.4, -0.2) is 55.7 Å². The molecule has 0 radical (unpaired) electrons. The van der Waals surface area contributed by atoms with Crippen molar-refractivity contribution >= 4 is 79.0 Å². The number of sulfonamides is 1. The van der Waals surface area contributed by atoms with Gasteiger partial charge in [-0.3, -0.25) is 19.2 Å². The number of esters is 1. The summed E-state index contributed by atoms with van der Waals surface area (Å²) in [6.07, 6.45) is 1.16. The van der Waals surface area contributed by atoms with Gasteiger partial charge in [0.05, 0.1) is 24.8 Å². The lowest BCUT2D eigenvalue weighted by molar-refractivity contribution is -0.137. The van der Waals surface area contributed by atoms with E-state index in [1.807, 2.05) is 0 Å². The number of thioether (sulfide) groups is 1. The lowest BCUT2D eigenvalue weighted by Crippen LogP contribution is -2.47. The second-order valence-corrected chi connectivity index (χ2v) is 10.8. The minimum Gasteiger partial charge on any atom is -0.468 e. The van der Waals surface area contributed by atoms with Gasteiger partial charge >= 0.3 is 5.97 Å². The van der Waals surface area contributed by atoms with E-state index >= 15 is 0 Å². The summed E-state index contributed by atoms with van der Waals surface area (Å²) in [5, 5.41) is 10.9. The van der Waals surface area contributed by atoms with Crippen LogP contribution in [0.4, 0.5) is 10.8 Å². The summed E-state index contributed by atoms with van der Waals surface area (Å²) in [4.78, 5) is 24.1. The lowest BCUT2D eigenvalue weighted by Gasteiger charge is -2.30. The Bertz CT molecular complexity index is 1010. The van der Waals surface area contributed by atoms with Crippen molar-refractivity contribution in [2.75, 3.05) is 28.7 Å². The maximum atomic E-state index is 12.9. The van der Waals surface area contributed by atoms with Crippen LogP contribution in [0.25, 0.3) is 0 Å². The highest BCUT2D eigenvalue weighted by Crippen LogP contribution is 2.30. The van der Waals surface area contributed by atoms with Crippen LogP contribution in [-0.2, 0) is 24.3 Å². The van der Waals surface area contributed by atoms with E-state index in [1.54, 1.807) is 6.92 Å². The summed E-state index contributed by atoms with van der Waals surface area (Å²) in [5.74, 6) is -0.968. The molecule has 1 atom stereocenters. The van der Waals surface area contributed by atoms with Crippen LogP contribution < -0.4 is 9.62 Å². The fraction of sp³-hybridized carbons (Fsp3) is 0.375. The molecule has 1 aromatic carbocycles. The summed E-state index contributed by atoms with van der Waals surface area (Å²) in [6.45, 7) is 1.67. The summed E-state index contributed by atoms with van der Waals surface area (Å²) >= 11 is 14.2. The molecule has 0 saturated carbocycles. The first-order valence-electron chi connectivity index (χ1n) is 8.34. The van der Waals surface area contributed by atoms with Gasteiger partial charge in [-0.2, -0.15) is 0 Å². The SMILES string of the molecule is CC[C@@H](C(=O)Nc1nnc(SCC(=O)OC)s1)N(c1cc(Cl)cc(Cl)c1)S(C)(=O)=O. The van der Waals surface area contributed by atoms with Crippen LogP contribution in [0.1, 0.15) is 13.3 Å². The molecule has 1 aromatic heterocycles. The molecule has 0 unspecified atom stereocenters. The molecule has 0 spiro atoms. The lowest BCUT2D eigenvalue weighted by atomic mass is 10.2. The smallest absolute Gasteiger partial charge is 0.316 e. The molecule has 164 valence electrons. The minimum absolute atomic E-state index is 0.0496. The van der Waals surface area contributed by atoms with Gasteiger partial charge in [-0.05, 0) is 24.6 Å². The molecule has 14 heteroatoms. The standard InChI is InChI=1S/C16H18Cl2N4O5S3/c1-4-12(22(30(3,25)26)11-6-9(17)5-10(18)7-11)14(24)19-15-20-21-16(29-15)28-8-13(23)27-2/h5-7,12H,4,8H2,1-3H3,(H,19,20,24)/t12-/m0/s1. The zero-order valence-electron chi connectivity index (χ0n) is 16.1. The van der Waals surface area contributed by atoms with Gasteiger partial charge in [0.2, 0.25) is 21.1 Å². The number of rotatable bonds is 9. The topological polar surface area (TPSA) is 119 Å². The number of hydrogen-bond acceptors (Lipinski definition) is 9. The number of benzene rings is 1. The van der Waals surface area contributed by atoms with Gasteiger partial charge in [-0.25, -0.2) is 8.42 Å². The molecule has 2 rings (SSSR count). The molecule has 0 saturated heterocycles. The van der Waals surface area contributed by atoms with Gasteiger partial charge in [-0.1, -0.05) is 53.2 Å². The third-order valence-electron chi connectivity index (χ3n) is 3.61. The van der Waals surface area contributed by atoms with Gasteiger partial charge in [0.1, 0.15) is 6.04 Å². The van der Waals surface area contributed by atoms with Crippen LogP contribution in [0.3, 0.4) is 0 Å². The first-order chi connectivity index (χ1) is 14.0. The third kappa shape index (κ3) is 6.71. The Balaban J connectivity index is 2.24. The molecule has 1 N–H and O–H groups in total. The first-order valence-corrected chi connectivity index (χ1v) is 12.7. The number of carbonyl (C=O) groups excluding carboxylic acids is 2. The van der Waals surface area contributed by atoms with Crippen molar-refractivity contribution in [1.82, 2.24) is 10.2 Å². The van der Waals surface area contributed by atoms with E-state index in [4.69, 9.17) is 23.2 Å². The van der Waals surface area contributed by atoms with Gasteiger partial charge in [0.25, 0.3) is 0 Å². The summed E-state index contributed by atoms with van der Waals surface area (Å²) < 4.78 is 30.9. The normalized spacial score (nSPS) is 12.3. The van der Waals surface area contributed by atoms with Gasteiger partial charge in [-0.15, -0.1) is 10.2 Å². The molecule has 30 heavy (non-hydrogen) atoms. The van der Waals surface area contributed by atoms with Crippen LogP contribution in [0, 0.1) is 0 Å². The molecule has 0 fully saturated rings. The molecule has 1 heterocycles. The van der Waals surface area contributed by atoms with E-state index in [0.29, 0.717) is 4.34 Å². The Morgan fingerprint density at radius 1 is 1.27 bits per heavy atom. The van der Waals surface area contributed by atoms with E-state index in [9.17, 15) is 18.0 Å². The van der Waals surface area contributed by atoms with Crippen molar-refractivity contribution in [2.24, 2.45) is 0 Å². The second-order valence-electron chi connectivity index (χ2n) is 5.84. The number of ether oxygens (including phenoxy) is 1.